The molecule has 0 saturated carbocycles. The maximum atomic E-state index is 13.8. The monoisotopic (exact) mass is 678 g/mol. The molecular formula is C31H54N6O7Si2. The molecule has 0 unspecified atom stereocenters. The molecule has 4 rings (SSSR count). The van der Waals surface area contributed by atoms with Crippen LogP contribution < -0.4 is 5.56 Å². The molecule has 15 heteroatoms. The molecule has 0 bridgehead atoms. The highest BCUT2D eigenvalue weighted by atomic mass is 28.4. The largest absolute Gasteiger partial charge is 0.465 e. The first-order valence-electron chi connectivity index (χ1n) is 16.0. The topological polar surface area (TPSA) is 132 Å². The number of ether oxygens (including phenoxy) is 2. The van der Waals surface area contributed by atoms with Crippen molar-refractivity contribution in [2.24, 2.45) is 4.99 Å². The number of nitrogens with zero attached hydrogens (tertiary/aromatic N) is 6. The van der Waals surface area contributed by atoms with Gasteiger partial charge in [-0.2, -0.15) is 4.98 Å². The van der Waals surface area contributed by atoms with Crippen molar-refractivity contribution in [3.05, 3.63) is 16.7 Å². The van der Waals surface area contributed by atoms with Crippen LogP contribution in [0.15, 0.2) is 16.1 Å². The van der Waals surface area contributed by atoms with Crippen LogP contribution >= 0.6 is 0 Å². The van der Waals surface area contributed by atoms with Gasteiger partial charge >= 0.3 is 14.5 Å². The first-order valence-corrected chi connectivity index (χ1v) is 20.8. The summed E-state index contributed by atoms with van der Waals surface area (Å²) in [6.07, 6.45) is 1.02. The molecule has 258 valence electrons. The highest BCUT2D eigenvalue weighted by molar-refractivity contribution is 6.74. The molecule has 2 aromatic heterocycles. The zero-order valence-corrected chi connectivity index (χ0v) is 32.1. The lowest BCUT2D eigenvalue weighted by Gasteiger charge is -2.54. The number of imidazole rings is 1. The minimum Gasteiger partial charge on any atom is -0.465 e. The lowest BCUT2D eigenvalue weighted by atomic mass is 10.1. The molecule has 4 heterocycles. The first kappa shape index (κ1) is 36.4. The van der Waals surface area contributed by atoms with Crippen LogP contribution in [0.5, 0.6) is 0 Å². The van der Waals surface area contributed by atoms with Gasteiger partial charge in [0.05, 0.1) is 25.9 Å². The van der Waals surface area contributed by atoms with E-state index < -0.39 is 52.9 Å². The van der Waals surface area contributed by atoms with Crippen molar-refractivity contribution < 1.29 is 27.5 Å². The third-order valence-corrected chi connectivity index (χ3v) is 18.8. The van der Waals surface area contributed by atoms with Gasteiger partial charge in [0.25, 0.3) is 5.56 Å². The number of esters is 1. The van der Waals surface area contributed by atoms with Crippen LogP contribution in [0.4, 0.5) is 5.95 Å². The number of hydrogen-bond donors (Lipinski definition) is 0. The predicted molar refractivity (Wildman–Crippen MR) is 182 cm³/mol. The van der Waals surface area contributed by atoms with Gasteiger partial charge < -0.3 is 27.7 Å². The summed E-state index contributed by atoms with van der Waals surface area (Å²) in [5.74, 6) is -0.523. The van der Waals surface area contributed by atoms with Crippen molar-refractivity contribution in [1.82, 2.24) is 24.0 Å². The molecule has 0 N–H and O–H groups in total. The zero-order valence-electron chi connectivity index (χ0n) is 30.1. The van der Waals surface area contributed by atoms with Crippen LogP contribution in [0.25, 0.3) is 11.2 Å². The zero-order chi connectivity index (χ0) is 34.6. The fraction of sp³-hybridized carbons (Fsp3) is 0.774. The Morgan fingerprint density at radius 2 is 1.78 bits per heavy atom. The Labute approximate surface area is 275 Å². The smallest absolute Gasteiger partial charge is 0.349 e. The minimum atomic E-state index is -2.88. The molecule has 13 nitrogen and oxygen atoms in total. The van der Waals surface area contributed by atoms with E-state index in [1.807, 2.05) is 0 Å². The second-order valence-electron chi connectivity index (χ2n) is 16.1. The third kappa shape index (κ3) is 6.63. The predicted octanol–water partition coefficient (Wildman–Crippen LogP) is 5.12. The van der Waals surface area contributed by atoms with Crippen molar-refractivity contribution in [3.8, 4) is 0 Å². The molecule has 0 radical (unpaired) electrons. The summed E-state index contributed by atoms with van der Waals surface area (Å²) < 4.78 is 35.9. The third-order valence-electron chi connectivity index (χ3n) is 9.18. The Bertz CT molecular complexity index is 1500. The van der Waals surface area contributed by atoms with E-state index in [1.165, 1.54) is 10.9 Å². The lowest BCUT2D eigenvalue weighted by molar-refractivity contribution is -0.143. The standard InChI is InChI=1S/C31H54N6O7Si2/c1-15-40-21(38)16-36-26(39)22-25(34-28(36)33-18-35(11)12)37(19-32-22)27-24(43-45(13,14)29(2,3)4)23-20(42-27)17-41-46(44-23,30(5,6)7)31(8,9)10/h18-20,23-24,27H,15-17H2,1-14H3/b33-18+/t20-,23-,24-,27-/m1/s1. The van der Waals surface area contributed by atoms with Gasteiger partial charge in [-0.05, 0) is 25.1 Å². The molecule has 2 aliphatic heterocycles. The van der Waals surface area contributed by atoms with E-state index in [0.29, 0.717) is 6.61 Å². The van der Waals surface area contributed by atoms with Crippen molar-refractivity contribution in [1.29, 1.82) is 0 Å². The SMILES string of the molecule is CCOC(=O)Cn1c(/N=C/N(C)C)nc2c(ncn2[C@@H]2O[C@@H]3CO[Si](C(C)(C)C)(C(C)(C)C)O[C@H]3[C@H]2O[Si](C)(C)C(C)(C)C)c1=O. The van der Waals surface area contributed by atoms with Gasteiger partial charge in [0.15, 0.2) is 25.7 Å². The maximum Gasteiger partial charge on any atom is 0.349 e. The van der Waals surface area contributed by atoms with Gasteiger partial charge in [0.1, 0.15) is 24.9 Å². The molecule has 0 spiro atoms. The molecule has 0 amide bonds. The van der Waals surface area contributed by atoms with E-state index in [9.17, 15) is 9.59 Å². The quantitative estimate of drug-likeness (QED) is 0.160. The molecule has 0 aliphatic carbocycles. The first-order chi connectivity index (χ1) is 21.0. The summed E-state index contributed by atoms with van der Waals surface area (Å²) in [5.41, 5.74) is -0.144. The van der Waals surface area contributed by atoms with Gasteiger partial charge in [0.2, 0.25) is 5.95 Å². The Balaban J connectivity index is 1.89. The van der Waals surface area contributed by atoms with Gasteiger partial charge in [-0.15, -0.1) is 0 Å². The van der Waals surface area contributed by atoms with E-state index in [1.54, 1.807) is 36.8 Å². The van der Waals surface area contributed by atoms with E-state index >= 15 is 0 Å². The van der Waals surface area contributed by atoms with Crippen LogP contribution in [0.1, 0.15) is 75.5 Å². The Hall–Kier alpha value is -2.44. The van der Waals surface area contributed by atoms with E-state index in [4.69, 9.17) is 27.7 Å². The summed E-state index contributed by atoms with van der Waals surface area (Å²) in [6, 6.07) is 0. The van der Waals surface area contributed by atoms with Crippen molar-refractivity contribution in [3.63, 3.8) is 0 Å². The van der Waals surface area contributed by atoms with Crippen LogP contribution in [-0.2, 0) is 34.1 Å². The number of rotatable bonds is 8. The van der Waals surface area contributed by atoms with Gasteiger partial charge in [-0.25, -0.2) is 9.98 Å². The van der Waals surface area contributed by atoms with E-state index in [-0.39, 0.29) is 45.4 Å². The van der Waals surface area contributed by atoms with E-state index in [2.05, 4.69) is 85.4 Å². The number of fused-ring (bicyclic) bond motifs is 2. The second-order valence-corrected chi connectivity index (χ2v) is 25.6. The summed E-state index contributed by atoms with van der Waals surface area (Å²) in [6.45, 7) is 26.1. The van der Waals surface area contributed by atoms with Crippen LogP contribution in [0.2, 0.25) is 28.2 Å². The van der Waals surface area contributed by atoms with Crippen LogP contribution in [0, 0.1) is 0 Å². The Morgan fingerprint density at radius 3 is 2.33 bits per heavy atom. The minimum absolute atomic E-state index is 0.0461. The van der Waals surface area contributed by atoms with Crippen LogP contribution in [0.3, 0.4) is 0 Å². The summed E-state index contributed by atoms with van der Waals surface area (Å²) in [4.78, 5) is 41.7. The highest BCUT2D eigenvalue weighted by Crippen LogP contribution is 2.56. The maximum absolute atomic E-state index is 13.8. The molecule has 4 atom stereocenters. The second kappa shape index (κ2) is 12.5. The molecule has 0 aromatic carbocycles. The number of carbonyl (C=O) groups is 1. The van der Waals surface area contributed by atoms with Crippen LogP contribution in [-0.4, -0.2) is 98.8 Å². The normalized spacial score (nSPS) is 24.0. The van der Waals surface area contributed by atoms with E-state index in [0.717, 1.165) is 0 Å². The molecule has 2 aromatic rings. The number of aliphatic imine (C=N–C) groups is 1. The van der Waals surface area contributed by atoms with Crippen molar-refractivity contribution in [2.75, 3.05) is 27.3 Å². The molecule has 2 aliphatic rings. The molecule has 46 heavy (non-hydrogen) atoms. The average Bonchev–Trinajstić information content (AvgIpc) is 3.48. The van der Waals surface area contributed by atoms with Gasteiger partial charge in [-0.3, -0.25) is 18.7 Å². The summed E-state index contributed by atoms with van der Waals surface area (Å²) in [5, 5.41) is -0.557. The number of hydrogen-bond acceptors (Lipinski definition) is 10. The number of aromatic nitrogens is 4. The molecule has 2 saturated heterocycles. The summed E-state index contributed by atoms with van der Waals surface area (Å²) in [7, 11) is -1.65. The molecular weight excluding hydrogens is 625 g/mol. The highest BCUT2D eigenvalue weighted by Gasteiger charge is 2.66. The number of carbonyl (C=O) groups excluding carboxylic acids is 1. The average molecular weight is 679 g/mol. The Kier molecular flexibility index (Phi) is 9.93. The van der Waals surface area contributed by atoms with Gasteiger partial charge in [-0.1, -0.05) is 62.3 Å². The van der Waals surface area contributed by atoms with Crippen molar-refractivity contribution in [2.45, 2.75) is 129 Å². The fourth-order valence-corrected chi connectivity index (χ4v) is 12.4. The lowest BCUT2D eigenvalue weighted by Crippen LogP contribution is -2.66. The Morgan fingerprint density at radius 1 is 1.15 bits per heavy atom. The van der Waals surface area contributed by atoms with Crippen molar-refractivity contribution >= 4 is 46.3 Å². The summed E-state index contributed by atoms with van der Waals surface area (Å²) >= 11 is 0. The van der Waals surface area contributed by atoms with Gasteiger partial charge in [0, 0.05) is 24.2 Å². The molecule has 2 fully saturated rings. The fourth-order valence-electron chi connectivity index (χ4n) is 6.11.